The summed E-state index contributed by atoms with van der Waals surface area (Å²) in [4.78, 5) is 11.9. The van der Waals surface area contributed by atoms with E-state index in [9.17, 15) is 9.90 Å². The van der Waals surface area contributed by atoms with Crippen LogP contribution in [0.3, 0.4) is 0 Å². The van der Waals surface area contributed by atoms with E-state index in [4.69, 9.17) is 22.3 Å². The lowest BCUT2D eigenvalue weighted by Crippen LogP contribution is -2.22. The van der Waals surface area contributed by atoms with Crippen LogP contribution >= 0.6 is 0 Å². The highest BCUT2D eigenvalue weighted by atomic mass is 16.5. The Hall–Kier alpha value is -3.46. The van der Waals surface area contributed by atoms with Gasteiger partial charge in [-0.25, -0.2) is 4.79 Å². The largest absolute Gasteiger partial charge is 0.481 e. The van der Waals surface area contributed by atoms with Gasteiger partial charge in [-0.05, 0) is 48.4 Å². The number of rotatable bonds is 8. The first-order chi connectivity index (χ1) is 12.5. The second-order valence-electron chi connectivity index (χ2n) is 5.63. The minimum atomic E-state index is -1.04. The molecule has 6 nitrogen and oxygen atoms in total. The van der Waals surface area contributed by atoms with Gasteiger partial charge in [-0.3, -0.25) is 5.41 Å². The van der Waals surface area contributed by atoms with Gasteiger partial charge in [0.1, 0.15) is 18.2 Å². The van der Waals surface area contributed by atoms with Crippen LogP contribution in [0.2, 0.25) is 0 Å². The highest BCUT2D eigenvalue weighted by Gasteiger charge is 2.24. The zero-order chi connectivity index (χ0) is 19.1. The van der Waals surface area contributed by atoms with E-state index in [0.29, 0.717) is 22.6 Å². The summed E-state index contributed by atoms with van der Waals surface area (Å²) in [6, 6.07) is 11.1. The number of nitrogens with one attached hydrogen (secondary N) is 2. The predicted octanol–water partition coefficient (Wildman–Crippen LogP) is 2.78. The van der Waals surface area contributed by atoms with E-state index in [1.807, 2.05) is 19.1 Å². The molecule has 0 bridgehead atoms. The molecule has 26 heavy (non-hydrogen) atoms. The third kappa shape index (κ3) is 4.54. The lowest BCUT2D eigenvalue weighted by molar-refractivity contribution is -0.138. The smallest absolute Gasteiger partial charge is 0.330 e. The van der Waals surface area contributed by atoms with Crippen LogP contribution < -0.4 is 15.8 Å². The molecule has 134 valence electrons. The number of aryl methyl sites for hydroxylation is 1. The molecule has 6 heteroatoms. The number of aliphatic carboxylic acids is 1. The van der Waals surface area contributed by atoms with E-state index in [-0.39, 0.29) is 12.4 Å². The number of ether oxygens (including phenoxy) is 1. The average Bonchev–Trinajstić information content (AvgIpc) is 2.64. The fourth-order valence-corrected chi connectivity index (χ4v) is 2.48. The number of terminal acetylenes is 1. The Morgan fingerprint density at radius 2 is 2.04 bits per heavy atom. The second kappa shape index (κ2) is 8.58. The summed E-state index contributed by atoms with van der Waals surface area (Å²) >= 11 is 0. The van der Waals surface area contributed by atoms with E-state index in [2.05, 4.69) is 11.2 Å². The molecular weight excluding hydrogens is 330 g/mol. The van der Waals surface area contributed by atoms with Gasteiger partial charge in [0.2, 0.25) is 0 Å². The number of nitrogen functional groups attached to an aromatic ring is 1. The molecule has 2 aromatic rings. The van der Waals surface area contributed by atoms with Crippen molar-refractivity contribution in [1.29, 1.82) is 5.41 Å². The Kier molecular flexibility index (Phi) is 6.23. The maximum Gasteiger partial charge on any atom is 0.330 e. The Bertz CT molecular complexity index is 838. The molecular formula is C20H21N3O3. The second-order valence-corrected chi connectivity index (χ2v) is 5.63. The summed E-state index contributed by atoms with van der Waals surface area (Å²) in [5.74, 6) is 1.72. The third-order valence-electron chi connectivity index (χ3n) is 3.86. The van der Waals surface area contributed by atoms with Gasteiger partial charge in [-0.1, -0.05) is 18.9 Å². The molecule has 2 rings (SSSR count). The predicted molar refractivity (Wildman–Crippen MR) is 102 cm³/mol. The van der Waals surface area contributed by atoms with Gasteiger partial charge in [0.05, 0.1) is 0 Å². The van der Waals surface area contributed by atoms with Gasteiger partial charge < -0.3 is 20.9 Å². The quantitative estimate of drug-likeness (QED) is 0.332. The Balaban J connectivity index is 2.38. The maximum atomic E-state index is 11.9. The molecule has 5 N–H and O–H groups in total. The van der Waals surface area contributed by atoms with E-state index in [1.54, 1.807) is 30.3 Å². The zero-order valence-corrected chi connectivity index (χ0v) is 14.5. The van der Waals surface area contributed by atoms with Crippen molar-refractivity contribution < 1.29 is 14.6 Å². The standard InChI is InChI=1S/C20H21N3O3/c1-3-11-26-17-10-5-13(4-2)12-16(17)18(20(24)25)23-15-8-6-14(7-9-15)19(21)22/h1,5-10,12,18,23H,4,11H2,2H3,(H3,21,22)(H,24,25)/t18-/m1/s1. The monoisotopic (exact) mass is 351 g/mol. The van der Waals surface area contributed by atoms with Crippen molar-refractivity contribution >= 4 is 17.5 Å². The van der Waals surface area contributed by atoms with Crippen molar-refractivity contribution in [1.82, 2.24) is 0 Å². The number of carbonyl (C=O) groups is 1. The summed E-state index contributed by atoms with van der Waals surface area (Å²) in [5.41, 5.74) is 8.09. The molecule has 0 aromatic heterocycles. The number of carboxylic acid groups (broad SMARTS) is 1. The molecule has 2 aromatic carbocycles. The number of anilines is 1. The van der Waals surface area contributed by atoms with Gasteiger partial charge in [0.15, 0.2) is 6.04 Å². The molecule has 0 heterocycles. The third-order valence-corrected chi connectivity index (χ3v) is 3.86. The molecule has 0 aliphatic carbocycles. The molecule has 0 aliphatic rings. The molecule has 0 radical (unpaired) electrons. The van der Waals surface area contributed by atoms with E-state index in [1.165, 1.54) is 0 Å². The van der Waals surface area contributed by atoms with Gasteiger partial charge in [0, 0.05) is 16.8 Å². The lowest BCUT2D eigenvalue weighted by atomic mass is 10.0. The van der Waals surface area contributed by atoms with Crippen LogP contribution in [0.1, 0.15) is 29.7 Å². The number of carboxylic acids is 1. The van der Waals surface area contributed by atoms with Crippen molar-refractivity contribution in [2.45, 2.75) is 19.4 Å². The van der Waals surface area contributed by atoms with Gasteiger partial charge >= 0.3 is 5.97 Å². The molecule has 0 aliphatic heterocycles. The molecule has 0 unspecified atom stereocenters. The normalized spacial score (nSPS) is 11.2. The highest BCUT2D eigenvalue weighted by molar-refractivity contribution is 5.95. The molecule has 0 spiro atoms. The van der Waals surface area contributed by atoms with Crippen LogP contribution in [-0.2, 0) is 11.2 Å². The summed E-state index contributed by atoms with van der Waals surface area (Å²) < 4.78 is 5.52. The van der Waals surface area contributed by atoms with Crippen LogP contribution in [0.4, 0.5) is 5.69 Å². The van der Waals surface area contributed by atoms with E-state index < -0.39 is 12.0 Å². The van der Waals surface area contributed by atoms with Crippen molar-refractivity contribution in [2.24, 2.45) is 5.73 Å². The van der Waals surface area contributed by atoms with Crippen LogP contribution in [0.25, 0.3) is 0 Å². The van der Waals surface area contributed by atoms with Crippen molar-refractivity contribution in [3.8, 4) is 18.1 Å². The SMILES string of the molecule is C#CCOc1ccc(CC)cc1[C@@H](Nc1ccc(C(=N)N)cc1)C(=O)O. The number of hydrogen-bond donors (Lipinski definition) is 4. The Morgan fingerprint density at radius 3 is 2.58 bits per heavy atom. The van der Waals surface area contributed by atoms with Gasteiger partial charge in [-0.2, -0.15) is 0 Å². The highest BCUT2D eigenvalue weighted by Crippen LogP contribution is 2.30. The first-order valence-electron chi connectivity index (χ1n) is 8.09. The molecule has 0 fully saturated rings. The van der Waals surface area contributed by atoms with E-state index >= 15 is 0 Å². The summed E-state index contributed by atoms with van der Waals surface area (Å²) in [6.45, 7) is 2.04. The number of hydrogen-bond acceptors (Lipinski definition) is 4. The summed E-state index contributed by atoms with van der Waals surface area (Å²) in [5, 5.41) is 20.1. The Labute approximate surface area is 152 Å². The molecule has 0 amide bonds. The van der Waals surface area contributed by atoms with Gasteiger partial charge in [0.25, 0.3) is 0 Å². The molecule has 0 saturated heterocycles. The van der Waals surface area contributed by atoms with Crippen molar-refractivity contribution in [3.63, 3.8) is 0 Å². The van der Waals surface area contributed by atoms with Crippen LogP contribution in [0.15, 0.2) is 42.5 Å². The number of benzene rings is 2. The van der Waals surface area contributed by atoms with Crippen LogP contribution in [0.5, 0.6) is 5.75 Å². The maximum absolute atomic E-state index is 11.9. The fourth-order valence-electron chi connectivity index (χ4n) is 2.48. The van der Waals surface area contributed by atoms with Crippen molar-refractivity contribution in [3.05, 3.63) is 59.2 Å². The number of amidine groups is 1. The van der Waals surface area contributed by atoms with Crippen LogP contribution in [0, 0.1) is 17.8 Å². The summed E-state index contributed by atoms with van der Waals surface area (Å²) in [7, 11) is 0. The Morgan fingerprint density at radius 1 is 1.35 bits per heavy atom. The topological polar surface area (TPSA) is 108 Å². The van der Waals surface area contributed by atoms with E-state index in [0.717, 1.165) is 12.0 Å². The van der Waals surface area contributed by atoms with Gasteiger partial charge in [-0.15, -0.1) is 6.42 Å². The van der Waals surface area contributed by atoms with Crippen LogP contribution in [-0.4, -0.2) is 23.5 Å². The first kappa shape index (κ1) is 18.9. The minimum absolute atomic E-state index is 0.0491. The zero-order valence-electron chi connectivity index (χ0n) is 14.5. The lowest BCUT2D eigenvalue weighted by Gasteiger charge is -2.20. The number of nitrogens with two attached hydrogens (primary N) is 1. The minimum Gasteiger partial charge on any atom is -0.481 e. The first-order valence-corrected chi connectivity index (χ1v) is 8.09. The molecule has 1 atom stereocenters. The van der Waals surface area contributed by atoms with Crippen molar-refractivity contribution in [2.75, 3.05) is 11.9 Å². The summed E-state index contributed by atoms with van der Waals surface area (Å²) in [6.07, 6.45) is 6.01. The molecule has 0 saturated carbocycles. The fraction of sp³-hybridized carbons (Fsp3) is 0.200. The average molecular weight is 351 g/mol.